The Labute approximate surface area is 126 Å². The summed E-state index contributed by atoms with van der Waals surface area (Å²) >= 11 is 0. The molecule has 1 unspecified atom stereocenters. The van der Waals surface area contributed by atoms with Crippen LogP contribution in [-0.2, 0) is 11.2 Å². The Morgan fingerprint density at radius 1 is 1.24 bits per heavy atom. The molecule has 2 aromatic rings. The second kappa shape index (κ2) is 7.50. The van der Waals surface area contributed by atoms with Crippen LogP contribution in [0.2, 0.25) is 0 Å². The Hall–Kier alpha value is -1.49. The molecule has 0 aliphatic heterocycles. The normalized spacial score (nSPS) is 14.2. The monoisotopic (exact) mass is 288 g/mol. The number of fused-ring (bicyclic) bond motifs is 1. The lowest BCUT2D eigenvalue weighted by atomic mass is 9.91. The van der Waals surface area contributed by atoms with Gasteiger partial charge in [0.2, 0.25) is 0 Å². The number of benzene rings is 1. The molecule has 1 atom stereocenters. The number of nitrogens with one attached hydrogen (secondary N) is 1. The van der Waals surface area contributed by atoms with Crippen LogP contribution in [0.4, 0.5) is 0 Å². The van der Waals surface area contributed by atoms with Crippen molar-refractivity contribution in [1.29, 1.82) is 0 Å². The van der Waals surface area contributed by atoms with E-state index in [1.54, 1.807) is 7.11 Å². The summed E-state index contributed by atoms with van der Waals surface area (Å²) in [6, 6.07) is 10.0. The predicted octanol–water partition coefficient (Wildman–Crippen LogP) is 2.15. The second-order valence-electron chi connectivity index (χ2n) is 5.65. The van der Waals surface area contributed by atoms with Gasteiger partial charge in [-0.25, -0.2) is 0 Å². The number of pyridine rings is 1. The third kappa shape index (κ3) is 4.77. The molecule has 21 heavy (non-hydrogen) atoms. The van der Waals surface area contributed by atoms with E-state index < -0.39 is 5.60 Å². The van der Waals surface area contributed by atoms with E-state index in [4.69, 9.17) is 4.74 Å². The van der Waals surface area contributed by atoms with Gasteiger partial charge in [0, 0.05) is 31.7 Å². The molecule has 2 N–H and O–H groups in total. The first-order valence-corrected chi connectivity index (χ1v) is 7.37. The molecule has 0 bridgehead atoms. The van der Waals surface area contributed by atoms with Crippen molar-refractivity contribution in [2.75, 3.05) is 26.8 Å². The van der Waals surface area contributed by atoms with Gasteiger partial charge in [0.1, 0.15) is 0 Å². The Kier molecular flexibility index (Phi) is 5.67. The van der Waals surface area contributed by atoms with Gasteiger partial charge in [0.15, 0.2) is 0 Å². The van der Waals surface area contributed by atoms with Gasteiger partial charge in [-0.3, -0.25) is 4.98 Å². The average molecular weight is 288 g/mol. The first-order chi connectivity index (χ1) is 10.1. The fourth-order valence-corrected chi connectivity index (χ4v) is 2.46. The Bertz CT molecular complexity index is 564. The van der Waals surface area contributed by atoms with Gasteiger partial charge in [0.25, 0.3) is 0 Å². The summed E-state index contributed by atoms with van der Waals surface area (Å²) in [6.45, 7) is 4.17. The molecule has 0 saturated carbocycles. The van der Waals surface area contributed by atoms with Crippen LogP contribution in [0.25, 0.3) is 10.9 Å². The van der Waals surface area contributed by atoms with Crippen molar-refractivity contribution in [2.24, 2.45) is 0 Å². The van der Waals surface area contributed by atoms with Crippen molar-refractivity contribution in [3.05, 3.63) is 42.1 Å². The Morgan fingerprint density at radius 3 is 2.86 bits per heavy atom. The van der Waals surface area contributed by atoms with Gasteiger partial charge in [-0.1, -0.05) is 18.2 Å². The van der Waals surface area contributed by atoms with Crippen LogP contribution in [0.15, 0.2) is 36.5 Å². The zero-order valence-corrected chi connectivity index (χ0v) is 12.8. The van der Waals surface area contributed by atoms with Crippen LogP contribution < -0.4 is 5.32 Å². The first-order valence-electron chi connectivity index (χ1n) is 7.37. The van der Waals surface area contributed by atoms with Crippen molar-refractivity contribution < 1.29 is 9.84 Å². The fourth-order valence-electron chi connectivity index (χ4n) is 2.46. The summed E-state index contributed by atoms with van der Waals surface area (Å²) in [6.07, 6.45) is 3.14. The minimum absolute atomic E-state index is 0.627. The van der Waals surface area contributed by atoms with Crippen LogP contribution >= 0.6 is 0 Å². The molecule has 0 spiro atoms. The van der Waals surface area contributed by atoms with Crippen molar-refractivity contribution >= 4 is 10.9 Å². The lowest BCUT2D eigenvalue weighted by Crippen LogP contribution is -2.33. The lowest BCUT2D eigenvalue weighted by Gasteiger charge is -2.24. The number of hydrogen-bond donors (Lipinski definition) is 2. The standard InChI is InChI=1S/C17H24N2O2/c1-17(20,8-10-18-11-12-21-2)13-14-7-9-19-16-6-4-3-5-15(14)16/h3-7,9,18,20H,8,10-13H2,1-2H3. The first kappa shape index (κ1) is 15.9. The van der Waals surface area contributed by atoms with Crippen LogP contribution in [0, 0.1) is 0 Å². The van der Waals surface area contributed by atoms with E-state index in [1.165, 1.54) is 0 Å². The highest BCUT2D eigenvalue weighted by atomic mass is 16.5. The van der Waals surface area contributed by atoms with Crippen LogP contribution in [-0.4, -0.2) is 42.5 Å². The number of rotatable bonds is 8. The molecule has 2 rings (SSSR count). The molecule has 4 heteroatoms. The smallest absolute Gasteiger partial charge is 0.0704 e. The fraction of sp³-hybridized carbons (Fsp3) is 0.471. The molecule has 1 heterocycles. The summed E-state index contributed by atoms with van der Waals surface area (Å²) in [5.74, 6) is 0. The summed E-state index contributed by atoms with van der Waals surface area (Å²) < 4.78 is 4.99. The number of para-hydroxylation sites is 1. The van der Waals surface area contributed by atoms with E-state index in [0.717, 1.165) is 29.6 Å². The largest absolute Gasteiger partial charge is 0.390 e. The number of nitrogens with zero attached hydrogens (tertiary/aromatic N) is 1. The number of aliphatic hydroxyl groups is 1. The number of ether oxygens (including phenoxy) is 1. The minimum Gasteiger partial charge on any atom is -0.390 e. The zero-order valence-electron chi connectivity index (χ0n) is 12.8. The van der Waals surface area contributed by atoms with Crippen LogP contribution in [0.3, 0.4) is 0 Å². The summed E-state index contributed by atoms with van der Waals surface area (Å²) in [7, 11) is 1.69. The molecule has 1 aromatic heterocycles. The highest BCUT2D eigenvalue weighted by Gasteiger charge is 2.21. The minimum atomic E-state index is -0.732. The molecule has 114 valence electrons. The van der Waals surface area contributed by atoms with Gasteiger partial charge < -0.3 is 15.2 Å². The van der Waals surface area contributed by atoms with E-state index in [2.05, 4.69) is 16.4 Å². The second-order valence-corrected chi connectivity index (χ2v) is 5.65. The number of hydrogen-bond acceptors (Lipinski definition) is 4. The topological polar surface area (TPSA) is 54.4 Å². The molecule has 1 aromatic carbocycles. The van der Waals surface area contributed by atoms with Crippen molar-refractivity contribution in [3.63, 3.8) is 0 Å². The zero-order chi connectivity index (χ0) is 15.1. The van der Waals surface area contributed by atoms with Crippen molar-refractivity contribution in [2.45, 2.75) is 25.4 Å². The Morgan fingerprint density at radius 2 is 2.05 bits per heavy atom. The third-order valence-corrected chi connectivity index (χ3v) is 3.63. The quantitative estimate of drug-likeness (QED) is 0.731. The highest BCUT2D eigenvalue weighted by molar-refractivity contribution is 5.81. The van der Waals surface area contributed by atoms with E-state index in [-0.39, 0.29) is 0 Å². The number of aromatic nitrogens is 1. The average Bonchev–Trinajstić information content (AvgIpc) is 2.47. The third-order valence-electron chi connectivity index (χ3n) is 3.63. The molecule has 0 saturated heterocycles. The maximum Gasteiger partial charge on any atom is 0.0704 e. The van der Waals surface area contributed by atoms with Gasteiger partial charge >= 0.3 is 0 Å². The molecule has 4 nitrogen and oxygen atoms in total. The van der Waals surface area contributed by atoms with Crippen molar-refractivity contribution in [3.8, 4) is 0 Å². The molecule has 0 aliphatic rings. The molecule has 0 fully saturated rings. The summed E-state index contributed by atoms with van der Waals surface area (Å²) in [5, 5.41) is 15.0. The maximum atomic E-state index is 10.6. The van der Waals surface area contributed by atoms with Crippen molar-refractivity contribution in [1.82, 2.24) is 10.3 Å². The van der Waals surface area contributed by atoms with E-state index in [1.807, 2.05) is 37.4 Å². The van der Waals surface area contributed by atoms with E-state index >= 15 is 0 Å². The van der Waals surface area contributed by atoms with Gasteiger partial charge in [0.05, 0.1) is 17.7 Å². The SMILES string of the molecule is COCCNCCC(C)(O)Cc1ccnc2ccccc12. The maximum absolute atomic E-state index is 10.6. The molecule has 0 amide bonds. The van der Waals surface area contributed by atoms with E-state index in [0.29, 0.717) is 19.4 Å². The summed E-state index contributed by atoms with van der Waals surface area (Å²) in [5.41, 5.74) is 1.39. The van der Waals surface area contributed by atoms with Gasteiger partial charge in [-0.05, 0) is 37.6 Å². The van der Waals surface area contributed by atoms with E-state index in [9.17, 15) is 5.11 Å². The lowest BCUT2D eigenvalue weighted by molar-refractivity contribution is 0.0513. The molecular weight excluding hydrogens is 264 g/mol. The number of methoxy groups -OCH3 is 1. The predicted molar refractivity (Wildman–Crippen MR) is 85.4 cm³/mol. The Balaban J connectivity index is 1.98. The van der Waals surface area contributed by atoms with Gasteiger partial charge in [-0.15, -0.1) is 0 Å². The molecule has 0 radical (unpaired) electrons. The molecule has 0 aliphatic carbocycles. The van der Waals surface area contributed by atoms with Gasteiger partial charge in [-0.2, -0.15) is 0 Å². The van der Waals surface area contributed by atoms with Crippen LogP contribution in [0.5, 0.6) is 0 Å². The highest BCUT2D eigenvalue weighted by Crippen LogP contribution is 2.22. The molecular formula is C17H24N2O2. The van der Waals surface area contributed by atoms with Crippen LogP contribution in [0.1, 0.15) is 18.9 Å². The summed E-state index contributed by atoms with van der Waals surface area (Å²) in [4.78, 5) is 4.36.